The summed E-state index contributed by atoms with van der Waals surface area (Å²) < 4.78 is 5.27. The molecule has 130 valence electrons. The molecule has 2 aromatic carbocycles. The van der Waals surface area contributed by atoms with Gasteiger partial charge < -0.3 is 9.42 Å². The lowest BCUT2D eigenvalue weighted by Crippen LogP contribution is -2.38. The second kappa shape index (κ2) is 6.55. The van der Waals surface area contributed by atoms with Gasteiger partial charge in [-0.25, -0.2) is 0 Å². The largest absolute Gasteiger partial charge is 0.338 e. The molecule has 1 aromatic heterocycles. The molecule has 6 nitrogen and oxygen atoms in total. The fraction of sp³-hybridized carbons (Fsp3) is 0.200. The van der Waals surface area contributed by atoms with Crippen LogP contribution in [-0.4, -0.2) is 28.4 Å². The van der Waals surface area contributed by atoms with E-state index in [4.69, 9.17) is 4.52 Å². The quantitative estimate of drug-likeness (QED) is 0.727. The Labute approximate surface area is 150 Å². The van der Waals surface area contributed by atoms with Gasteiger partial charge in [-0.15, -0.1) is 0 Å². The maximum atomic E-state index is 12.7. The van der Waals surface area contributed by atoms with Crippen LogP contribution in [0, 0.1) is 6.92 Å². The zero-order valence-electron chi connectivity index (χ0n) is 14.3. The summed E-state index contributed by atoms with van der Waals surface area (Å²) in [6.07, 6.45) is 0.322. The summed E-state index contributed by atoms with van der Waals surface area (Å²) in [5.74, 6) is 0.636. The van der Waals surface area contributed by atoms with Crippen molar-refractivity contribution >= 4 is 17.4 Å². The second-order valence-corrected chi connectivity index (χ2v) is 6.24. The molecule has 0 saturated carbocycles. The summed E-state index contributed by atoms with van der Waals surface area (Å²) in [5.41, 5.74) is 3.14. The molecule has 0 aliphatic carbocycles. The number of hydrogen-bond donors (Lipinski definition) is 0. The monoisotopic (exact) mass is 347 g/mol. The zero-order chi connectivity index (χ0) is 18.1. The van der Waals surface area contributed by atoms with Crippen molar-refractivity contribution in [3.63, 3.8) is 0 Å². The van der Waals surface area contributed by atoms with Crippen molar-refractivity contribution in [2.24, 2.45) is 0 Å². The van der Waals surface area contributed by atoms with Crippen molar-refractivity contribution in [2.75, 3.05) is 11.4 Å². The van der Waals surface area contributed by atoms with Crippen LogP contribution in [0.15, 0.2) is 53.1 Å². The van der Waals surface area contributed by atoms with Crippen LogP contribution in [-0.2, 0) is 11.2 Å². The Morgan fingerprint density at radius 1 is 1.12 bits per heavy atom. The maximum absolute atomic E-state index is 12.7. The van der Waals surface area contributed by atoms with E-state index in [1.165, 1.54) is 0 Å². The molecule has 0 atom stereocenters. The standard InChI is InChI=1S/C20H17N3O3/c1-13-6-2-3-7-14(13)20-21-18(26-22-20)12-19(25)23-11-10-17(24)15-8-4-5-9-16(15)23/h2-9H,10-12H2,1H3. The number of anilines is 1. The molecule has 0 fully saturated rings. The molecular formula is C20H17N3O3. The van der Waals surface area contributed by atoms with Gasteiger partial charge in [-0.05, 0) is 24.6 Å². The molecule has 3 aromatic rings. The number of fused-ring (bicyclic) bond motifs is 1. The van der Waals surface area contributed by atoms with E-state index >= 15 is 0 Å². The van der Waals surface area contributed by atoms with Crippen LogP contribution in [0.5, 0.6) is 0 Å². The number of hydrogen-bond acceptors (Lipinski definition) is 5. The molecule has 1 aliphatic heterocycles. The Morgan fingerprint density at radius 3 is 2.65 bits per heavy atom. The zero-order valence-corrected chi connectivity index (χ0v) is 14.3. The molecule has 0 N–H and O–H groups in total. The van der Waals surface area contributed by atoms with E-state index in [0.717, 1.165) is 11.1 Å². The van der Waals surface area contributed by atoms with E-state index in [1.807, 2.05) is 37.3 Å². The van der Waals surface area contributed by atoms with Crippen molar-refractivity contribution in [3.8, 4) is 11.4 Å². The highest BCUT2D eigenvalue weighted by Gasteiger charge is 2.28. The van der Waals surface area contributed by atoms with Gasteiger partial charge in [-0.3, -0.25) is 9.59 Å². The Morgan fingerprint density at radius 2 is 1.85 bits per heavy atom. The molecule has 26 heavy (non-hydrogen) atoms. The van der Waals surface area contributed by atoms with E-state index in [-0.39, 0.29) is 24.0 Å². The number of aromatic nitrogens is 2. The lowest BCUT2D eigenvalue weighted by Gasteiger charge is -2.28. The SMILES string of the molecule is Cc1ccccc1-c1noc(CC(=O)N2CCC(=O)c3ccccc32)n1. The van der Waals surface area contributed by atoms with Crippen LogP contribution in [0.3, 0.4) is 0 Å². The number of Topliss-reactive ketones (excluding diaryl/α,β-unsaturated/α-hetero) is 1. The average Bonchev–Trinajstić information content (AvgIpc) is 3.11. The lowest BCUT2D eigenvalue weighted by molar-refractivity contribution is -0.118. The minimum absolute atomic E-state index is 0.00139. The van der Waals surface area contributed by atoms with Gasteiger partial charge in [-0.1, -0.05) is 41.6 Å². The van der Waals surface area contributed by atoms with Crippen molar-refractivity contribution in [1.82, 2.24) is 10.1 Å². The number of carbonyl (C=O) groups excluding carboxylic acids is 2. The van der Waals surface area contributed by atoms with Gasteiger partial charge in [0.05, 0.1) is 5.69 Å². The van der Waals surface area contributed by atoms with Crippen molar-refractivity contribution in [2.45, 2.75) is 19.8 Å². The number of ketones is 1. The Bertz CT molecular complexity index is 993. The van der Waals surface area contributed by atoms with E-state index in [1.54, 1.807) is 23.1 Å². The summed E-state index contributed by atoms with van der Waals surface area (Å²) in [5, 5.41) is 3.99. The second-order valence-electron chi connectivity index (χ2n) is 6.24. The van der Waals surface area contributed by atoms with Gasteiger partial charge in [0, 0.05) is 24.1 Å². The minimum Gasteiger partial charge on any atom is -0.338 e. The molecule has 0 radical (unpaired) electrons. The molecule has 6 heteroatoms. The maximum Gasteiger partial charge on any atom is 0.236 e. The summed E-state index contributed by atoms with van der Waals surface area (Å²) in [6.45, 7) is 2.34. The summed E-state index contributed by atoms with van der Waals surface area (Å²) in [6, 6.07) is 14.9. The smallest absolute Gasteiger partial charge is 0.236 e. The highest BCUT2D eigenvalue weighted by Crippen LogP contribution is 2.27. The van der Waals surface area contributed by atoms with Crippen molar-refractivity contribution in [1.29, 1.82) is 0 Å². The van der Waals surface area contributed by atoms with Crippen LogP contribution < -0.4 is 4.90 Å². The van der Waals surface area contributed by atoms with Gasteiger partial charge in [-0.2, -0.15) is 4.98 Å². The predicted octanol–water partition coefficient (Wildman–Crippen LogP) is 3.21. The van der Waals surface area contributed by atoms with Gasteiger partial charge in [0.25, 0.3) is 0 Å². The fourth-order valence-corrected chi connectivity index (χ4v) is 3.16. The Kier molecular flexibility index (Phi) is 4.08. The normalized spacial score (nSPS) is 13.6. The number of nitrogens with zero attached hydrogens (tertiary/aromatic N) is 3. The molecule has 0 saturated heterocycles. The first kappa shape index (κ1) is 16.2. The molecule has 1 aliphatic rings. The van der Waals surface area contributed by atoms with Crippen LogP contribution >= 0.6 is 0 Å². The third-order valence-corrected chi connectivity index (χ3v) is 4.52. The molecule has 0 bridgehead atoms. The van der Waals surface area contributed by atoms with Crippen LogP contribution in [0.25, 0.3) is 11.4 Å². The van der Waals surface area contributed by atoms with E-state index < -0.39 is 0 Å². The first-order chi connectivity index (χ1) is 12.6. The Hall–Kier alpha value is -3.28. The molecule has 4 rings (SSSR count). The third kappa shape index (κ3) is 2.90. The highest BCUT2D eigenvalue weighted by molar-refractivity contribution is 6.08. The number of rotatable bonds is 3. The first-order valence-corrected chi connectivity index (χ1v) is 8.44. The number of aryl methyl sites for hydroxylation is 1. The summed E-state index contributed by atoms with van der Waals surface area (Å²) in [7, 11) is 0. The topological polar surface area (TPSA) is 76.3 Å². The van der Waals surface area contributed by atoms with E-state index in [0.29, 0.717) is 30.0 Å². The fourth-order valence-electron chi connectivity index (χ4n) is 3.16. The van der Waals surface area contributed by atoms with Gasteiger partial charge in [0.2, 0.25) is 17.6 Å². The number of benzene rings is 2. The molecule has 2 heterocycles. The van der Waals surface area contributed by atoms with E-state index in [9.17, 15) is 9.59 Å². The van der Waals surface area contributed by atoms with Gasteiger partial charge in [0.1, 0.15) is 6.42 Å². The minimum atomic E-state index is -0.162. The lowest BCUT2D eigenvalue weighted by atomic mass is 10.00. The summed E-state index contributed by atoms with van der Waals surface area (Å²) in [4.78, 5) is 30.7. The van der Waals surface area contributed by atoms with Crippen LogP contribution in [0.2, 0.25) is 0 Å². The molecule has 0 unspecified atom stereocenters. The number of amides is 1. The predicted molar refractivity (Wildman–Crippen MR) is 95.9 cm³/mol. The van der Waals surface area contributed by atoms with Crippen LogP contribution in [0.4, 0.5) is 5.69 Å². The average molecular weight is 347 g/mol. The Balaban J connectivity index is 1.56. The van der Waals surface area contributed by atoms with Gasteiger partial charge >= 0.3 is 0 Å². The molecular weight excluding hydrogens is 330 g/mol. The number of para-hydroxylation sites is 1. The van der Waals surface area contributed by atoms with Crippen molar-refractivity contribution < 1.29 is 14.1 Å². The first-order valence-electron chi connectivity index (χ1n) is 8.44. The third-order valence-electron chi connectivity index (χ3n) is 4.52. The van der Waals surface area contributed by atoms with Crippen molar-refractivity contribution in [3.05, 3.63) is 65.5 Å². The molecule has 0 spiro atoms. The summed E-state index contributed by atoms with van der Waals surface area (Å²) >= 11 is 0. The van der Waals surface area contributed by atoms with Crippen LogP contribution in [0.1, 0.15) is 28.2 Å². The molecule has 1 amide bonds. The highest BCUT2D eigenvalue weighted by atomic mass is 16.5. The van der Waals surface area contributed by atoms with Gasteiger partial charge in [0.15, 0.2) is 5.78 Å². The van der Waals surface area contributed by atoms with E-state index in [2.05, 4.69) is 10.1 Å². The number of carbonyl (C=O) groups is 2.